The molecule has 0 amide bonds. The van der Waals surface area contributed by atoms with Gasteiger partial charge in [0.05, 0.1) is 18.5 Å². The second-order valence-corrected chi connectivity index (χ2v) is 4.13. The Hall–Kier alpha value is -1.52. The van der Waals surface area contributed by atoms with Crippen LogP contribution in [0.15, 0.2) is 24.3 Å². The van der Waals surface area contributed by atoms with Gasteiger partial charge in [-0.2, -0.15) is 5.10 Å². The van der Waals surface area contributed by atoms with E-state index in [2.05, 4.69) is 5.10 Å². The quantitative estimate of drug-likeness (QED) is 0.910. The van der Waals surface area contributed by atoms with Crippen LogP contribution in [0.3, 0.4) is 0 Å². The van der Waals surface area contributed by atoms with E-state index >= 15 is 0 Å². The summed E-state index contributed by atoms with van der Waals surface area (Å²) < 4.78 is 7.06. The van der Waals surface area contributed by atoms with Gasteiger partial charge in [-0.25, -0.2) is 0 Å². The van der Waals surface area contributed by atoms with Gasteiger partial charge in [0.15, 0.2) is 0 Å². The maximum Gasteiger partial charge on any atom is 0.128 e. The van der Waals surface area contributed by atoms with Crippen molar-refractivity contribution in [1.82, 2.24) is 9.78 Å². The fourth-order valence-electron chi connectivity index (χ4n) is 1.71. The highest BCUT2D eigenvalue weighted by atomic mass is 35.5. The van der Waals surface area contributed by atoms with Crippen LogP contribution >= 0.6 is 11.6 Å². The molecule has 0 aliphatic heterocycles. The van der Waals surface area contributed by atoms with Crippen LogP contribution in [0.2, 0.25) is 5.02 Å². The number of hydrogen-bond donors (Lipinski definition) is 1. The molecule has 1 heterocycles. The maximum absolute atomic E-state index is 5.99. The highest BCUT2D eigenvalue weighted by Crippen LogP contribution is 2.31. The van der Waals surface area contributed by atoms with Gasteiger partial charge in [0.25, 0.3) is 0 Å². The molecule has 0 saturated carbocycles. The molecule has 5 heteroatoms. The van der Waals surface area contributed by atoms with E-state index in [-0.39, 0.29) is 0 Å². The van der Waals surface area contributed by atoms with Gasteiger partial charge in [-0.3, -0.25) is 4.68 Å². The Balaban J connectivity index is 2.54. The molecule has 0 saturated heterocycles. The molecule has 90 valence electrons. The Bertz CT molecular complexity index is 537. The summed E-state index contributed by atoms with van der Waals surface area (Å²) in [5, 5.41) is 5.05. The van der Waals surface area contributed by atoms with Crippen molar-refractivity contribution >= 4 is 11.6 Å². The first-order valence-electron chi connectivity index (χ1n) is 5.22. The van der Waals surface area contributed by atoms with Crippen LogP contribution in [0.1, 0.15) is 5.69 Å². The lowest BCUT2D eigenvalue weighted by Crippen LogP contribution is -2.03. The van der Waals surface area contributed by atoms with Crippen molar-refractivity contribution in [3.05, 3.63) is 35.0 Å². The summed E-state index contributed by atoms with van der Waals surface area (Å²) in [6, 6.07) is 7.39. The van der Waals surface area contributed by atoms with E-state index in [0.717, 1.165) is 22.7 Å². The number of methoxy groups -OCH3 is 1. The first-order chi connectivity index (χ1) is 8.15. The second kappa shape index (κ2) is 4.77. The second-order valence-electron chi connectivity index (χ2n) is 3.69. The molecule has 0 unspecified atom stereocenters. The Morgan fingerprint density at radius 1 is 1.41 bits per heavy atom. The van der Waals surface area contributed by atoms with Gasteiger partial charge in [-0.1, -0.05) is 11.6 Å². The number of aromatic nitrogens is 2. The number of aryl methyl sites for hydroxylation is 1. The smallest absolute Gasteiger partial charge is 0.128 e. The van der Waals surface area contributed by atoms with Gasteiger partial charge in [0.2, 0.25) is 0 Å². The van der Waals surface area contributed by atoms with Crippen LogP contribution in [0.5, 0.6) is 5.75 Å². The number of hydrogen-bond acceptors (Lipinski definition) is 3. The van der Waals surface area contributed by atoms with Crippen LogP contribution in [-0.4, -0.2) is 16.9 Å². The van der Waals surface area contributed by atoms with Gasteiger partial charge >= 0.3 is 0 Å². The fourth-order valence-corrected chi connectivity index (χ4v) is 1.88. The molecule has 2 rings (SSSR count). The number of ether oxygens (including phenoxy) is 1. The lowest BCUT2D eigenvalue weighted by Gasteiger charge is -2.06. The Kier molecular flexibility index (Phi) is 3.36. The van der Waals surface area contributed by atoms with Gasteiger partial charge < -0.3 is 10.5 Å². The molecule has 1 aromatic carbocycles. The van der Waals surface area contributed by atoms with E-state index in [4.69, 9.17) is 22.1 Å². The van der Waals surface area contributed by atoms with Gasteiger partial charge in [0.1, 0.15) is 5.75 Å². The van der Waals surface area contributed by atoms with Crippen molar-refractivity contribution in [2.45, 2.75) is 6.54 Å². The minimum atomic E-state index is 0.451. The fraction of sp³-hybridized carbons (Fsp3) is 0.250. The predicted octanol–water partition coefficient (Wildman–Crippen LogP) is 2.21. The summed E-state index contributed by atoms with van der Waals surface area (Å²) in [5.41, 5.74) is 8.27. The minimum Gasteiger partial charge on any atom is -0.496 e. The van der Waals surface area contributed by atoms with Gasteiger partial charge in [-0.05, 0) is 24.3 Å². The number of nitrogens with zero attached hydrogens (tertiary/aromatic N) is 2. The highest BCUT2D eigenvalue weighted by molar-refractivity contribution is 6.30. The first-order valence-corrected chi connectivity index (χ1v) is 5.60. The topological polar surface area (TPSA) is 53.1 Å². The van der Waals surface area contributed by atoms with E-state index in [0.29, 0.717) is 11.6 Å². The summed E-state index contributed by atoms with van der Waals surface area (Å²) in [6.45, 7) is 0.451. The van der Waals surface area contributed by atoms with Crippen molar-refractivity contribution in [1.29, 1.82) is 0 Å². The van der Waals surface area contributed by atoms with E-state index in [1.54, 1.807) is 17.9 Å². The lowest BCUT2D eigenvalue weighted by molar-refractivity contribution is 0.416. The van der Waals surface area contributed by atoms with Crippen molar-refractivity contribution in [2.24, 2.45) is 12.8 Å². The molecule has 17 heavy (non-hydrogen) atoms. The van der Waals surface area contributed by atoms with E-state index in [9.17, 15) is 0 Å². The number of benzene rings is 1. The number of nitrogens with two attached hydrogens (primary N) is 1. The maximum atomic E-state index is 5.99. The molecule has 0 radical (unpaired) electrons. The lowest BCUT2D eigenvalue weighted by atomic mass is 10.1. The van der Waals surface area contributed by atoms with E-state index in [1.807, 2.05) is 25.2 Å². The third-order valence-electron chi connectivity index (χ3n) is 2.62. The zero-order chi connectivity index (χ0) is 12.4. The summed E-state index contributed by atoms with van der Waals surface area (Å²) in [5.74, 6) is 0.746. The largest absolute Gasteiger partial charge is 0.496 e. The van der Waals surface area contributed by atoms with Crippen LogP contribution in [-0.2, 0) is 13.6 Å². The molecular formula is C12H14ClN3O. The van der Waals surface area contributed by atoms with Crippen molar-refractivity contribution in [2.75, 3.05) is 7.11 Å². The third kappa shape index (κ3) is 2.28. The Labute approximate surface area is 105 Å². The summed E-state index contributed by atoms with van der Waals surface area (Å²) >= 11 is 5.99. The summed E-state index contributed by atoms with van der Waals surface area (Å²) in [7, 11) is 3.49. The van der Waals surface area contributed by atoms with Crippen molar-refractivity contribution < 1.29 is 4.74 Å². The monoisotopic (exact) mass is 251 g/mol. The molecule has 0 bridgehead atoms. The van der Waals surface area contributed by atoms with Crippen LogP contribution in [0, 0.1) is 0 Å². The normalized spacial score (nSPS) is 10.6. The van der Waals surface area contributed by atoms with E-state index in [1.165, 1.54) is 0 Å². The van der Waals surface area contributed by atoms with Crippen molar-refractivity contribution in [3.63, 3.8) is 0 Å². The molecule has 0 aliphatic rings. The van der Waals surface area contributed by atoms with Crippen LogP contribution in [0.25, 0.3) is 11.3 Å². The van der Waals surface area contributed by atoms with Gasteiger partial charge in [-0.15, -0.1) is 0 Å². The molecule has 1 aromatic heterocycles. The molecule has 0 atom stereocenters. The highest BCUT2D eigenvalue weighted by Gasteiger charge is 2.11. The first kappa shape index (κ1) is 12.0. The molecular weight excluding hydrogens is 238 g/mol. The molecule has 4 nitrogen and oxygen atoms in total. The summed E-state index contributed by atoms with van der Waals surface area (Å²) in [4.78, 5) is 0. The predicted molar refractivity (Wildman–Crippen MR) is 68.1 cm³/mol. The zero-order valence-corrected chi connectivity index (χ0v) is 10.5. The SMILES string of the molecule is COc1ccc(Cl)cc1-c1cc(CN)n(C)n1. The average Bonchev–Trinajstić information content (AvgIpc) is 2.70. The number of rotatable bonds is 3. The van der Waals surface area contributed by atoms with Crippen LogP contribution < -0.4 is 10.5 Å². The van der Waals surface area contributed by atoms with Crippen LogP contribution in [0.4, 0.5) is 0 Å². The van der Waals surface area contributed by atoms with E-state index < -0.39 is 0 Å². The van der Waals surface area contributed by atoms with Crippen molar-refractivity contribution in [3.8, 4) is 17.0 Å². The standard InChI is InChI=1S/C12H14ClN3O/c1-16-9(7-14)6-11(15-16)10-5-8(13)3-4-12(10)17-2/h3-6H,7,14H2,1-2H3. The zero-order valence-electron chi connectivity index (χ0n) is 9.77. The summed E-state index contributed by atoms with van der Waals surface area (Å²) in [6.07, 6.45) is 0. The Morgan fingerprint density at radius 2 is 2.18 bits per heavy atom. The van der Waals surface area contributed by atoms with Gasteiger partial charge in [0, 0.05) is 24.2 Å². The minimum absolute atomic E-state index is 0.451. The molecule has 0 spiro atoms. The third-order valence-corrected chi connectivity index (χ3v) is 2.86. The Morgan fingerprint density at radius 3 is 2.76 bits per heavy atom. The molecule has 0 aliphatic carbocycles. The average molecular weight is 252 g/mol. The number of halogens is 1. The molecule has 2 aromatic rings. The molecule has 2 N–H and O–H groups in total. The molecule has 0 fully saturated rings.